The van der Waals surface area contributed by atoms with Crippen LogP contribution in [0.2, 0.25) is 0 Å². The van der Waals surface area contributed by atoms with Gasteiger partial charge < -0.3 is 14.6 Å². The van der Waals surface area contributed by atoms with Crippen LogP contribution in [0, 0.1) is 0 Å². The molecule has 0 amide bonds. The maximum atomic E-state index is 9.67. The number of aliphatic hydroxyl groups excluding tert-OH is 1. The van der Waals surface area contributed by atoms with Gasteiger partial charge in [-0.2, -0.15) is 0 Å². The molecule has 0 bridgehead atoms. The van der Waals surface area contributed by atoms with Gasteiger partial charge in [0.05, 0.1) is 13.2 Å². The molecule has 1 saturated heterocycles. The highest BCUT2D eigenvalue weighted by molar-refractivity contribution is 9.10. The Bertz CT molecular complexity index is 312. The van der Waals surface area contributed by atoms with Crippen molar-refractivity contribution in [1.82, 2.24) is 0 Å². The molecule has 1 heterocycles. The highest BCUT2D eigenvalue weighted by Crippen LogP contribution is 2.24. The van der Waals surface area contributed by atoms with Crippen molar-refractivity contribution >= 4 is 15.9 Å². The van der Waals surface area contributed by atoms with Gasteiger partial charge in [0.1, 0.15) is 6.10 Å². The lowest BCUT2D eigenvalue weighted by atomic mass is 10.2. The molecule has 0 spiro atoms. The van der Waals surface area contributed by atoms with Gasteiger partial charge in [-0.25, -0.2) is 0 Å². The minimum Gasteiger partial charge on any atom is -0.371 e. The second kappa shape index (κ2) is 4.40. The smallest absolute Gasteiger partial charge is 0.182 e. The third-order valence-electron chi connectivity index (χ3n) is 2.01. The Balaban J connectivity index is 1.95. The molecule has 3 nitrogen and oxygen atoms in total. The van der Waals surface area contributed by atoms with Crippen molar-refractivity contribution in [2.75, 3.05) is 13.2 Å². The number of aliphatic hydroxyl groups is 1. The summed E-state index contributed by atoms with van der Waals surface area (Å²) in [6.45, 7) is 1.19. The minimum absolute atomic E-state index is 0.173. The van der Waals surface area contributed by atoms with Crippen LogP contribution in [0.15, 0.2) is 28.7 Å². The SMILES string of the molecule is O[C@H](OC[C@H]1CO1)c1ccccc1Br. The zero-order chi connectivity index (χ0) is 9.97. The van der Waals surface area contributed by atoms with Crippen LogP contribution < -0.4 is 0 Å². The average molecular weight is 259 g/mol. The number of epoxide rings is 1. The van der Waals surface area contributed by atoms with Crippen molar-refractivity contribution in [1.29, 1.82) is 0 Å². The highest BCUT2D eigenvalue weighted by Gasteiger charge is 2.24. The fraction of sp³-hybridized carbons (Fsp3) is 0.400. The van der Waals surface area contributed by atoms with E-state index in [-0.39, 0.29) is 6.10 Å². The molecule has 0 aromatic heterocycles. The standard InChI is InChI=1S/C10H11BrO3/c11-9-4-2-1-3-8(9)10(12)14-6-7-5-13-7/h1-4,7,10,12H,5-6H2/t7-,10-/m1/s1. The van der Waals surface area contributed by atoms with Crippen molar-refractivity contribution < 1.29 is 14.6 Å². The van der Waals surface area contributed by atoms with E-state index in [1.54, 1.807) is 0 Å². The summed E-state index contributed by atoms with van der Waals surface area (Å²) in [4.78, 5) is 0. The molecular formula is C10H11BrO3. The van der Waals surface area contributed by atoms with Crippen LogP contribution in [0.25, 0.3) is 0 Å². The summed E-state index contributed by atoms with van der Waals surface area (Å²) in [5.41, 5.74) is 0.744. The van der Waals surface area contributed by atoms with Gasteiger partial charge in [-0.3, -0.25) is 0 Å². The van der Waals surface area contributed by atoms with E-state index in [1.165, 1.54) is 0 Å². The van der Waals surface area contributed by atoms with Crippen LogP contribution in [0.3, 0.4) is 0 Å². The topological polar surface area (TPSA) is 42.0 Å². The maximum Gasteiger partial charge on any atom is 0.182 e. The number of rotatable bonds is 4. The molecule has 1 fully saturated rings. The third kappa shape index (κ3) is 2.54. The normalized spacial score (nSPS) is 22.0. The van der Waals surface area contributed by atoms with Gasteiger partial charge in [-0.15, -0.1) is 0 Å². The first kappa shape index (κ1) is 10.1. The van der Waals surface area contributed by atoms with Crippen LogP contribution in [-0.4, -0.2) is 24.4 Å². The zero-order valence-corrected chi connectivity index (χ0v) is 9.11. The zero-order valence-electron chi connectivity index (χ0n) is 7.52. The summed E-state index contributed by atoms with van der Waals surface area (Å²) in [5.74, 6) is 0. The largest absolute Gasteiger partial charge is 0.371 e. The quantitative estimate of drug-likeness (QED) is 0.662. The summed E-state index contributed by atoms with van der Waals surface area (Å²) in [5, 5.41) is 9.67. The minimum atomic E-state index is -0.880. The van der Waals surface area contributed by atoms with Crippen molar-refractivity contribution in [2.24, 2.45) is 0 Å². The summed E-state index contributed by atoms with van der Waals surface area (Å²) in [7, 11) is 0. The molecule has 0 saturated carbocycles. The molecule has 0 unspecified atom stereocenters. The molecule has 2 rings (SSSR count). The molecule has 1 N–H and O–H groups in total. The van der Waals surface area contributed by atoms with E-state index in [9.17, 15) is 5.11 Å². The van der Waals surface area contributed by atoms with E-state index in [0.717, 1.165) is 16.6 Å². The molecule has 1 aliphatic rings. The van der Waals surface area contributed by atoms with E-state index in [1.807, 2.05) is 24.3 Å². The maximum absolute atomic E-state index is 9.67. The molecule has 1 aromatic rings. The molecule has 2 atom stereocenters. The number of benzene rings is 1. The monoisotopic (exact) mass is 258 g/mol. The van der Waals surface area contributed by atoms with Gasteiger partial charge in [0, 0.05) is 10.0 Å². The van der Waals surface area contributed by atoms with E-state index >= 15 is 0 Å². The molecule has 1 aliphatic heterocycles. The van der Waals surface area contributed by atoms with E-state index in [2.05, 4.69) is 15.9 Å². The second-order valence-electron chi connectivity index (χ2n) is 3.16. The first-order valence-corrected chi connectivity index (χ1v) is 5.22. The molecule has 0 radical (unpaired) electrons. The lowest BCUT2D eigenvalue weighted by Crippen LogP contribution is -2.08. The van der Waals surface area contributed by atoms with E-state index in [0.29, 0.717) is 6.61 Å². The number of hydrogen-bond acceptors (Lipinski definition) is 3. The molecule has 1 aromatic carbocycles. The summed E-state index contributed by atoms with van der Waals surface area (Å²) in [6.07, 6.45) is -0.707. The van der Waals surface area contributed by atoms with Gasteiger partial charge in [0.25, 0.3) is 0 Å². The Morgan fingerprint density at radius 1 is 1.57 bits per heavy atom. The van der Waals surface area contributed by atoms with Crippen molar-refractivity contribution in [3.63, 3.8) is 0 Å². The van der Waals surface area contributed by atoms with Gasteiger partial charge >= 0.3 is 0 Å². The predicted octanol–water partition coefficient (Wildman–Crippen LogP) is 1.86. The van der Waals surface area contributed by atoms with Crippen LogP contribution in [0.1, 0.15) is 11.9 Å². The predicted molar refractivity (Wildman–Crippen MR) is 54.8 cm³/mol. The molecule has 0 aliphatic carbocycles. The fourth-order valence-corrected chi connectivity index (χ4v) is 1.61. The van der Waals surface area contributed by atoms with E-state index < -0.39 is 6.29 Å². The Labute approximate surface area is 90.8 Å². The molecular weight excluding hydrogens is 248 g/mol. The summed E-state index contributed by atoms with van der Waals surface area (Å²) >= 11 is 3.35. The summed E-state index contributed by atoms with van der Waals surface area (Å²) < 4.78 is 11.1. The van der Waals surface area contributed by atoms with Gasteiger partial charge in [-0.1, -0.05) is 34.1 Å². The number of ether oxygens (including phenoxy) is 2. The van der Waals surface area contributed by atoms with Crippen LogP contribution in [0.4, 0.5) is 0 Å². The van der Waals surface area contributed by atoms with Crippen molar-refractivity contribution in [3.05, 3.63) is 34.3 Å². The third-order valence-corrected chi connectivity index (χ3v) is 2.74. The van der Waals surface area contributed by atoms with Crippen LogP contribution in [0.5, 0.6) is 0 Å². The lowest BCUT2D eigenvalue weighted by molar-refractivity contribution is -0.107. The van der Waals surface area contributed by atoms with Crippen molar-refractivity contribution in [3.8, 4) is 0 Å². The summed E-state index contributed by atoms with van der Waals surface area (Å²) in [6, 6.07) is 7.45. The Morgan fingerprint density at radius 3 is 2.93 bits per heavy atom. The van der Waals surface area contributed by atoms with Crippen LogP contribution in [-0.2, 0) is 9.47 Å². The second-order valence-corrected chi connectivity index (χ2v) is 4.02. The molecule has 76 valence electrons. The first-order chi connectivity index (χ1) is 6.77. The first-order valence-electron chi connectivity index (χ1n) is 4.43. The van der Waals surface area contributed by atoms with Gasteiger partial charge in [-0.05, 0) is 6.07 Å². The molecule has 14 heavy (non-hydrogen) atoms. The Morgan fingerprint density at radius 2 is 2.29 bits per heavy atom. The average Bonchev–Trinajstić information content (AvgIpc) is 2.98. The van der Waals surface area contributed by atoms with Crippen LogP contribution >= 0.6 is 15.9 Å². The fourth-order valence-electron chi connectivity index (χ4n) is 1.13. The van der Waals surface area contributed by atoms with Gasteiger partial charge in [0.15, 0.2) is 6.29 Å². The highest BCUT2D eigenvalue weighted by atomic mass is 79.9. The van der Waals surface area contributed by atoms with E-state index in [4.69, 9.17) is 9.47 Å². The Hall–Kier alpha value is -0.420. The van der Waals surface area contributed by atoms with Crippen molar-refractivity contribution in [2.45, 2.75) is 12.4 Å². The molecule has 4 heteroatoms. The number of halogens is 1. The van der Waals surface area contributed by atoms with Gasteiger partial charge in [0.2, 0.25) is 0 Å². The Kier molecular flexibility index (Phi) is 3.18. The lowest BCUT2D eigenvalue weighted by Gasteiger charge is -2.12. The number of hydrogen-bond donors (Lipinski definition) is 1.